The van der Waals surface area contributed by atoms with E-state index in [0.29, 0.717) is 29.5 Å². The van der Waals surface area contributed by atoms with Gasteiger partial charge in [-0.05, 0) is 19.1 Å². The van der Waals surface area contributed by atoms with Gasteiger partial charge in [0.15, 0.2) is 11.7 Å². The molecule has 2 aromatic rings. The summed E-state index contributed by atoms with van der Waals surface area (Å²) < 4.78 is 15.5. The Hall–Kier alpha value is -2.70. The largest absolute Gasteiger partial charge is 0.497 e. The summed E-state index contributed by atoms with van der Waals surface area (Å²) in [5.41, 5.74) is 7.34. The summed E-state index contributed by atoms with van der Waals surface area (Å²) in [5.74, 6) is 2.23. The van der Waals surface area contributed by atoms with Gasteiger partial charge in [0.1, 0.15) is 18.0 Å². The van der Waals surface area contributed by atoms with Crippen LogP contribution in [0.1, 0.15) is 11.5 Å². The Morgan fingerprint density at radius 2 is 2.14 bits per heavy atom. The van der Waals surface area contributed by atoms with Gasteiger partial charge in [0.05, 0.1) is 25.6 Å². The van der Waals surface area contributed by atoms with Crippen molar-refractivity contribution in [2.45, 2.75) is 13.5 Å². The van der Waals surface area contributed by atoms with Crippen LogP contribution in [0.25, 0.3) is 0 Å². The number of aromatic nitrogens is 1. The van der Waals surface area contributed by atoms with E-state index in [0.717, 1.165) is 5.69 Å². The van der Waals surface area contributed by atoms with Crippen molar-refractivity contribution in [3.8, 4) is 11.5 Å². The highest BCUT2D eigenvalue weighted by Crippen LogP contribution is 2.28. The molecule has 0 unspecified atom stereocenters. The fourth-order valence-corrected chi connectivity index (χ4v) is 1.74. The molecule has 7 nitrogen and oxygen atoms in total. The molecule has 0 amide bonds. The summed E-state index contributed by atoms with van der Waals surface area (Å²) in [6.07, 6.45) is 0. The number of nitrogens with zero attached hydrogens (tertiary/aromatic N) is 2. The summed E-state index contributed by atoms with van der Waals surface area (Å²) in [5, 5.41) is 6.76. The van der Waals surface area contributed by atoms with Gasteiger partial charge in [-0.1, -0.05) is 5.16 Å². The van der Waals surface area contributed by atoms with E-state index < -0.39 is 0 Å². The predicted octanol–water partition coefficient (Wildman–Crippen LogP) is 1.93. The summed E-state index contributed by atoms with van der Waals surface area (Å²) in [6, 6.07) is 7.17. The van der Waals surface area contributed by atoms with Gasteiger partial charge in [0.25, 0.3) is 0 Å². The van der Waals surface area contributed by atoms with E-state index in [9.17, 15) is 0 Å². The van der Waals surface area contributed by atoms with Gasteiger partial charge < -0.3 is 25.0 Å². The lowest BCUT2D eigenvalue weighted by molar-refractivity contribution is 0.381. The fourth-order valence-electron chi connectivity index (χ4n) is 1.74. The van der Waals surface area contributed by atoms with E-state index in [1.165, 1.54) is 0 Å². The monoisotopic (exact) mass is 290 g/mol. The standard InChI is InChI=1S/C14H18N4O3/c1-9-6-11(21-18-9)8-16-14(15)17-12-7-10(19-2)4-5-13(12)20-3/h4-7H,8H2,1-3H3,(H3,15,16,17). The maximum Gasteiger partial charge on any atom is 0.193 e. The van der Waals surface area contributed by atoms with Crippen LogP contribution in [0, 0.1) is 6.92 Å². The molecule has 0 fully saturated rings. The van der Waals surface area contributed by atoms with Crippen molar-refractivity contribution in [1.29, 1.82) is 0 Å². The number of guanidine groups is 1. The van der Waals surface area contributed by atoms with Crippen molar-refractivity contribution in [2.75, 3.05) is 19.5 Å². The zero-order valence-corrected chi connectivity index (χ0v) is 12.2. The molecule has 0 aliphatic rings. The Balaban J connectivity index is 2.09. The van der Waals surface area contributed by atoms with Gasteiger partial charge in [-0.15, -0.1) is 0 Å². The van der Waals surface area contributed by atoms with Crippen LogP contribution in [0.4, 0.5) is 5.69 Å². The number of hydrogen-bond acceptors (Lipinski definition) is 5. The molecule has 2 rings (SSSR count). The van der Waals surface area contributed by atoms with Crippen molar-refractivity contribution in [2.24, 2.45) is 10.7 Å². The van der Waals surface area contributed by atoms with Crippen LogP contribution in [0.3, 0.4) is 0 Å². The molecular weight excluding hydrogens is 272 g/mol. The molecule has 0 saturated heterocycles. The predicted molar refractivity (Wildman–Crippen MR) is 79.7 cm³/mol. The fraction of sp³-hybridized carbons (Fsp3) is 0.286. The van der Waals surface area contributed by atoms with E-state index in [2.05, 4.69) is 15.5 Å². The van der Waals surface area contributed by atoms with Crippen LogP contribution in [-0.2, 0) is 6.54 Å². The normalized spacial score (nSPS) is 11.3. The van der Waals surface area contributed by atoms with Crippen LogP contribution < -0.4 is 20.5 Å². The highest BCUT2D eigenvalue weighted by atomic mass is 16.5. The smallest absolute Gasteiger partial charge is 0.193 e. The number of methoxy groups -OCH3 is 2. The van der Waals surface area contributed by atoms with Gasteiger partial charge in [-0.2, -0.15) is 0 Å². The first-order valence-corrected chi connectivity index (χ1v) is 6.33. The van der Waals surface area contributed by atoms with Crippen molar-refractivity contribution >= 4 is 11.6 Å². The van der Waals surface area contributed by atoms with Crippen molar-refractivity contribution in [3.63, 3.8) is 0 Å². The maximum atomic E-state index is 5.86. The number of anilines is 1. The Bertz CT molecular complexity index is 637. The van der Waals surface area contributed by atoms with E-state index >= 15 is 0 Å². The minimum Gasteiger partial charge on any atom is -0.497 e. The van der Waals surface area contributed by atoms with Gasteiger partial charge in [-0.25, -0.2) is 4.99 Å². The molecule has 1 aromatic carbocycles. The van der Waals surface area contributed by atoms with E-state index in [-0.39, 0.29) is 5.96 Å². The number of hydrogen-bond donors (Lipinski definition) is 2. The Morgan fingerprint density at radius 3 is 2.76 bits per heavy atom. The van der Waals surface area contributed by atoms with Gasteiger partial charge in [0, 0.05) is 12.1 Å². The molecular formula is C14H18N4O3. The summed E-state index contributed by atoms with van der Waals surface area (Å²) >= 11 is 0. The molecule has 0 aliphatic heterocycles. The molecule has 112 valence electrons. The number of nitrogens with two attached hydrogens (primary N) is 1. The lowest BCUT2D eigenvalue weighted by Gasteiger charge is -2.11. The summed E-state index contributed by atoms with van der Waals surface area (Å²) in [4.78, 5) is 4.19. The van der Waals surface area contributed by atoms with E-state index in [1.807, 2.05) is 13.0 Å². The number of aryl methyl sites for hydroxylation is 1. The molecule has 0 radical (unpaired) electrons. The third-order valence-electron chi connectivity index (χ3n) is 2.75. The molecule has 0 spiro atoms. The zero-order chi connectivity index (χ0) is 15.2. The SMILES string of the molecule is COc1ccc(OC)c(NC(N)=NCc2cc(C)no2)c1. The molecule has 1 heterocycles. The van der Waals surface area contributed by atoms with Crippen LogP contribution in [0.2, 0.25) is 0 Å². The zero-order valence-electron chi connectivity index (χ0n) is 12.2. The average molecular weight is 290 g/mol. The first kappa shape index (κ1) is 14.7. The second-order valence-electron chi connectivity index (χ2n) is 4.33. The second kappa shape index (κ2) is 6.65. The average Bonchev–Trinajstić information content (AvgIpc) is 2.90. The minimum atomic E-state index is 0.246. The molecule has 21 heavy (non-hydrogen) atoms. The van der Waals surface area contributed by atoms with Crippen LogP contribution in [0.5, 0.6) is 11.5 Å². The van der Waals surface area contributed by atoms with Crippen molar-refractivity contribution < 1.29 is 14.0 Å². The number of rotatable bonds is 5. The molecule has 0 atom stereocenters. The van der Waals surface area contributed by atoms with Crippen molar-refractivity contribution in [1.82, 2.24) is 5.16 Å². The first-order chi connectivity index (χ1) is 10.1. The van der Waals surface area contributed by atoms with Gasteiger partial charge in [0.2, 0.25) is 0 Å². The Kier molecular flexibility index (Phi) is 4.65. The van der Waals surface area contributed by atoms with E-state index in [4.69, 9.17) is 19.7 Å². The lowest BCUT2D eigenvalue weighted by atomic mass is 10.2. The van der Waals surface area contributed by atoms with Crippen LogP contribution in [-0.4, -0.2) is 25.3 Å². The molecule has 0 bridgehead atoms. The molecule has 0 saturated carbocycles. The minimum absolute atomic E-state index is 0.246. The highest BCUT2D eigenvalue weighted by Gasteiger charge is 2.06. The number of ether oxygens (including phenoxy) is 2. The Morgan fingerprint density at radius 1 is 1.33 bits per heavy atom. The van der Waals surface area contributed by atoms with Crippen LogP contribution >= 0.6 is 0 Å². The maximum absolute atomic E-state index is 5.86. The first-order valence-electron chi connectivity index (χ1n) is 6.33. The lowest BCUT2D eigenvalue weighted by Crippen LogP contribution is -2.23. The topological polar surface area (TPSA) is 94.9 Å². The van der Waals surface area contributed by atoms with Gasteiger partial charge >= 0.3 is 0 Å². The third kappa shape index (κ3) is 3.88. The summed E-state index contributed by atoms with van der Waals surface area (Å²) in [6.45, 7) is 2.16. The molecule has 3 N–H and O–H groups in total. The van der Waals surface area contributed by atoms with E-state index in [1.54, 1.807) is 32.4 Å². The van der Waals surface area contributed by atoms with Crippen LogP contribution in [0.15, 0.2) is 33.8 Å². The number of benzene rings is 1. The highest BCUT2D eigenvalue weighted by molar-refractivity contribution is 5.93. The Labute approximate surface area is 122 Å². The third-order valence-corrected chi connectivity index (χ3v) is 2.75. The number of nitrogens with one attached hydrogen (secondary N) is 1. The summed E-state index contributed by atoms with van der Waals surface area (Å²) in [7, 11) is 3.17. The molecule has 7 heteroatoms. The quantitative estimate of drug-likeness (QED) is 0.645. The van der Waals surface area contributed by atoms with Gasteiger partial charge in [-0.3, -0.25) is 0 Å². The number of aliphatic imine (C=N–C) groups is 1. The second-order valence-corrected chi connectivity index (χ2v) is 4.33. The molecule has 0 aliphatic carbocycles. The molecule has 1 aromatic heterocycles. The van der Waals surface area contributed by atoms with Crippen molar-refractivity contribution in [3.05, 3.63) is 35.7 Å².